The molecule has 1 nitrogen and oxygen atoms in total. The number of furan rings is 1. The first kappa shape index (κ1) is 25.2. The Morgan fingerprint density at radius 2 is 1.05 bits per heavy atom. The zero-order chi connectivity index (χ0) is 28.4. The summed E-state index contributed by atoms with van der Waals surface area (Å²) in [5, 5.41) is 9.92. The third-order valence-corrected chi connectivity index (χ3v) is 9.27. The van der Waals surface area contributed by atoms with Gasteiger partial charge in [-0.1, -0.05) is 130 Å². The number of benzene rings is 7. The van der Waals surface area contributed by atoms with Gasteiger partial charge in [0, 0.05) is 15.5 Å². The highest BCUT2D eigenvalue weighted by Crippen LogP contribution is 2.48. The largest absolute Gasteiger partial charge is 0.455 e. The first-order chi connectivity index (χ1) is 20.5. The molecule has 0 saturated carbocycles. The Balaban J connectivity index is 1.52. The lowest BCUT2D eigenvalue weighted by atomic mass is 9.84. The molecule has 0 saturated heterocycles. The maximum Gasteiger partial charge on any atom is 0.149 e. The van der Waals surface area contributed by atoms with E-state index < -0.39 is 0 Å². The molecule has 1 heterocycles. The van der Waals surface area contributed by atoms with Crippen LogP contribution in [0.1, 0.15) is 20.8 Å². The summed E-state index contributed by atoms with van der Waals surface area (Å²) in [6.07, 6.45) is 0. The summed E-state index contributed by atoms with van der Waals surface area (Å²) in [4.78, 5) is 1.18. The van der Waals surface area contributed by atoms with Crippen LogP contribution in [0.4, 0.5) is 0 Å². The predicted molar refractivity (Wildman–Crippen MR) is 183 cm³/mol. The van der Waals surface area contributed by atoms with Gasteiger partial charge in [0.1, 0.15) is 11.2 Å². The van der Waals surface area contributed by atoms with Crippen LogP contribution in [0.3, 0.4) is 0 Å². The molecule has 0 aliphatic heterocycles. The topological polar surface area (TPSA) is 13.1 Å². The second-order valence-electron chi connectivity index (χ2n) is 12.0. The van der Waals surface area contributed by atoms with Crippen molar-refractivity contribution in [2.45, 2.75) is 30.4 Å². The van der Waals surface area contributed by atoms with E-state index in [1.807, 2.05) is 11.8 Å². The maximum absolute atomic E-state index is 6.49. The standard InChI is InChI=1S/C40H30OS/c1-40(2,3)42-36-24-26(23-34-28-16-10-11-22-35(28)41-39(34)36)37-30-17-6-8-19-32(30)38(33-20-9-7-18-31(33)37)29-21-12-14-25-13-4-5-15-27(25)29/h4-24H,1-3H3. The van der Waals surface area contributed by atoms with Gasteiger partial charge < -0.3 is 4.42 Å². The Labute approximate surface area is 249 Å². The third kappa shape index (κ3) is 4.01. The zero-order valence-corrected chi connectivity index (χ0v) is 24.8. The van der Waals surface area contributed by atoms with E-state index in [2.05, 4.69) is 148 Å². The maximum atomic E-state index is 6.49. The highest BCUT2D eigenvalue weighted by Gasteiger charge is 2.22. The van der Waals surface area contributed by atoms with E-state index in [9.17, 15) is 0 Å². The highest BCUT2D eigenvalue weighted by molar-refractivity contribution is 8.00. The van der Waals surface area contributed by atoms with Crippen LogP contribution >= 0.6 is 11.8 Å². The van der Waals surface area contributed by atoms with Gasteiger partial charge in [-0.2, -0.15) is 0 Å². The molecule has 202 valence electrons. The Bertz CT molecular complexity index is 2250. The molecular weight excluding hydrogens is 529 g/mol. The van der Waals surface area contributed by atoms with Crippen molar-refractivity contribution in [3.8, 4) is 22.3 Å². The minimum atomic E-state index is 0.0346. The van der Waals surface area contributed by atoms with Crippen molar-refractivity contribution >= 4 is 66.0 Å². The van der Waals surface area contributed by atoms with Crippen molar-refractivity contribution in [1.82, 2.24) is 0 Å². The van der Waals surface area contributed by atoms with Gasteiger partial charge >= 0.3 is 0 Å². The van der Waals surface area contributed by atoms with E-state index in [0.717, 1.165) is 16.6 Å². The van der Waals surface area contributed by atoms with Crippen LogP contribution in [-0.4, -0.2) is 4.75 Å². The van der Waals surface area contributed by atoms with Crippen LogP contribution in [0.15, 0.2) is 137 Å². The van der Waals surface area contributed by atoms with E-state index >= 15 is 0 Å². The molecule has 0 aliphatic carbocycles. The van der Waals surface area contributed by atoms with Crippen LogP contribution in [-0.2, 0) is 0 Å². The summed E-state index contributed by atoms with van der Waals surface area (Å²) in [6, 6.07) is 46.3. The Kier molecular flexibility index (Phi) is 5.70. The van der Waals surface area contributed by atoms with E-state index in [1.165, 1.54) is 64.9 Å². The van der Waals surface area contributed by atoms with Crippen molar-refractivity contribution in [2.75, 3.05) is 0 Å². The molecule has 7 aromatic carbocycles. The van der Waals surface area contributed by atoms with Gasteiger partial charge in [-0.15, -0.1) is 11.8 Å². The first-order valence-corrected chi connectivity index (χ1v) is 15.3. The lowest BCUT2D eigenvalue weighted by Crippen LogP contribution is -2.06. The average Bonchev–Trinajstić information content (AvgIpc) is 3.38. The Morgan fingerprint density at radius 1 is 0.500 bits per heavy atom. The number of fused-ring (bicyclic) bond motifs is 6. The normalized spacial score (nSPS) is 12.3. The molecule has 0 fully saturated rings. The highest BCUT2D eigenvalue weighted by atomic mass is 32.2. The van der Waals surface area contributed by atoms with Crippen molar-refractivity contribution < 1.29 is 4.42 Å². The molecule has 42 heavy (non-hydrogen) atoms. The van der Waals surface area contributed by atoms with Gasteiger partial charge in [-0.25, -0.2) is 0 Å². The number of para-hydroxylation sites is 1. The van der Waals surface area contributed by atoms with Gasteiger partial charge in [-0.05, 0) is 72.8 Å². The number of hydrogen-bond donors (Lipinski definition) is 0. The van der Waals surface area contributed by atoms with E-state index in [-0.39, 0.29) is 4.75 Å². The smallest absolute Gasteiger partial charge is 0.149 e. The molecule has 2 heteroatoms. The Morgan fingerprint density at radius 3 is 1.71 bits per heavy atom. The molecule has 0 atom stereocenters. The zero-order valence-electron chi connectivity index (χ0n) is 23.9. The fraction of sp³-hybridized carbons (Fsp3) is 0.100. The first-order valence-electron chi connectivity index (χ1n) is 14.5. The summed E-state index contributed by atoms with van der Waals surface area (Å²) in [7, 11) is 0. The van der Waals surface area contributed by atoms with Gasteiger partial charge in [0.05, 0.1) is 4.90 Å². The van der Waals surface area contributed by atoms with E-state index in [4.69, 9.17) is 4.42 Å². The van der Waals surface area contributed by atoms with Crippen molar-refractivity contribution in [2.24, 2.45) is 0 Å². The van der Waals surface area contributed by atoms with E-state index in [0.29, 0.717) is 0 Å². The molecule has 0 amide bonds. The predicted octanol–water partition coefficient (Wildman–Crippen LogP) is 12.3. The summed E-state index contributed by atoms with van der Waals surface area (Å²) in [6.45, 7) is 6.80. The lowest BCUT2D eigenvalue weighted by molar-refractivity contribution is 0.659. The molecule has 0 radical (unpaired) electrons. The van der Waals surface area contributed by atoms with Crippen LogP contribution in [0.2, 0.25) is 0 Å². The monoisotopic (exact) mass is 558 g/mol. The third-order valence-electron chi connectivity index (χ3n) is 8.14. The fourth-order valence-electron chi connectivity index (χ4n) is 6.52. The van der Waals surface area contributed by atoms with Crippen LogP contribution in [0.25, 0.3) is 76.5 Å². The van der Waals surface area contributed by atoms with Crippen molar-refractivity contribution in [3.05, 3.63) is 127 Å². The number of rotatable bonds is 3. The van der Waals surface area contributed by atoms with Gasteiger partial charge in [0.25, 0.3) is 0 Å². The molecule has 8 aromatic rings. The minimum Gasteiger partial charge on any atom is -0.455 e. The van der Waals surface area contributed by atoms with Gasteiger partial charge in [0.2, 0.25) is 0 Å². The summed E-state index contributed by atoms with van der Waals surface area (Å²) < 4.78 is 6.53. The molecular formula is C40H30OS. The van der Waals surface area contributed by atoms with Crippen LogP contribution in [0.5, 0.6) is 0 Å². The van der Waals surface area contributed by atoms with Crippen LogP contribution in [0, 0.1) is 0 Å². The second-order valence-corrected chi connectivity index (χ2v) is 13.9. The summed E-state index contributed by atoms with van der Waals surface area (Å²) >= 11 is 1.87. The van der Waals surface area contributed by atoms with Crippen molar-refractivity contribution in [3.63, 3.8) is 0 Å². The molecule has 0 unspecified atom stereocenters. The molecule has 0 spiro atoms. The molecule has 8 rings (SSSR count). The summed E-state index contributed by atoms with van der Waals surface area (Å²) in [5.74, 6) is 0. The molecule has 0 N–H and O–H groups in total. The minimum absolute atomic E-state index is 0.0346. The lowest BCUT2D eigenvalue weighted by Gasteiger charge is -2.21. The van der Waals surface area contributed by atoms with Gasteiger partial charge in [-0.3, -0.25) is 0 Å². The number of hydrogen-bond acceptors (Lipinski definition) is 2. The number of thioether (sulfide) groups is 1. The van der Waals surface area contributed by atoms with Crippen LogP contribution < -0.4 is 0 Å². The van der Waals surface area contributed by atoms with Crippen molar-refractivity contribution in [1.29, 1.82) is 0 Å². The average molecular weight is 559 g/mol. The molecule has 0 aliphatic rings. The van der Waals surface area contributed by atoms with Gasteiger partial charge in [0.15, 0.2) is 0 Å². The quantitative estimate of drug-likeness (QED) is 0.158. The molecule has 1 aromatic heterocycles. The fourth-order valence-corrected chi connectivity index (χ4v) is 7.61. The SMILES string of the molecule is CC(C)(C)Sc1cc(-c2c3ccccc3c(-c3cccc4ccccc34)c3ccccc23)cc2c1oc1ccccc12. The Hall–Kier alpha value is -4.53. The van der Waals surface area contributed by atoms with E-state index in [1.54, 1.807) is 0 Å². The summed E-state index contributed by atoms with van der Waals surface area (Å²) in [5.41, 5.74) is 6.96. The second kappa shape index (κ2) is 9.51. The molecule has 0 bridgehead atoms.